The lowest BCUT2D eigenvalue weighted by Gasteiger charge is -2.45. The van der Waals surface area contributed by atoms with Crippen molar-refractivity contribution in [1.29, 1.82) is 0 Å². The van der Waals surface area contributed by atoms with Crippen LogP contribution in [0.1, 0.15) is 37.3 Å². The van der Waals surface area contributed by atoms with Gasteiger partial charge >= 0.3 is 6.09 Å². The first-order chi connectivity index (χ1) is 11.9. The molecule has 0 radical (unpaired) electrons. The Bertz CT molecular complexity index is 725. The second-order valence-corrected chi connectivity index (χ2v) is 8.37. The normalized spacial score (nSPS) is 35.6. The van der Waals surface area contributed by atoms with E-state index in [2.05, 4.69) is 46.1 Å². The maximum atomic E-state index is 12.9. The van der Waals surface area contributed by atoms with Crippen molar-refractivity contribution in [2.45, 2.75) is 44.1 Å². The number of amides is 2. The lowest BCUT2D eigenvalue weighted by atomic mass is 9.69. The Hall–Kier alpha value is -2.04. The highest BCUT2D eigenvalue weighted by Crippen LogP contribution is 2.60. The third-order valence-electron chi connectivity index (χ3n) is 6.47. The number of hydrogen-bond donors (Lipinski definition) is 1. The number of alkyl carbamates (subject to hydrolysis) is 1. The van der Waals surface area contributed by atoms with Crippen LogP contribution < -0.4 is 5.32 Å². The van der Waals surface area contributed by atoms with Gasteiger partial charge in [-0.2, -0.15) is 0 Å². The molecule has 5 heteroatoms. The summed E-state index contributed by atoms with van der Waals surface area (Å²) in [6.45, 7) is 5.87. The Balaban J connectivity index is 1.39. The second-order valence-electron chi connectivity index (χ2n) is 8.37. The van der Waals surface area contributed by atoms with Crippen LogP contribution >= 0.6 is 0 Å². The number of benzene rings is 1. The number of ether oxygens (including phenoxy) is 1. The molecule has 2 amide bonds. The summed E-state index contributed by atoms with van der Waals surface area (Å²) in [5, 5.41) is 2.84. The highest BCUT2D eigenvalue weighted by Gasteiger charge is 2.62. The van der Waals surface area contributed by atoms with Gasteiger partial charge in [-0.15, -0.1) is 0 Å². The van der Waals surface area contributed by atoms with Gasteiger partial charge in [-0.1, -0.05) is 24.3 Å². The molecular formula is C20H26N2O3. The summed E-state index contributed by atoms with van der Waals surface area (Å²) in [5.41, 5.74) is 2.63. The smallest absolute Gasteiger partial charge is 0.407 e. The van der Waals surface area contributed by atoms with Gasteiger partial charge in [0, 0.05) is 30.0 Å². The number of nitrogens with zero attached hydrogens (tertiary/aromatic N) is 1. The molecule has 5 nitrogen and oxygen atoms in total. The number of likely N-dealkylation sites (tertiary alicyclic amines) is 1. The van der Waals surface area contributed by atoms with E-state index in [0.29, 0.717) is 18.8 Å². The van der Waals surface area contributed by atoms with Crippen LogP contribution in [0, 0.1) is 18.8 Å². The van der Waals surface area contributed by atoms with Gasteiger partial charge < -0.3 is 15.0 Å². The first-order valence-electron chi connectivity index (χ1n) is 9.08. The molecule has 2 unspecified atom stereocenters. The minimum atomic E-state index is -0.422. The van der Waals surface area contributed by atoms with E-state index in [-0.39, 0.29) is 22.8 Å². The fourth-order valence-corrected chi connectivity index (χ4v) is 5.06. The molecule has 1 aromatic rings. The summed E-state index contributed by atoms with van der Waals surface area (Å²) in [6, 6.07) is 8.57. The molecule has 1 N–H and O–H groups in total. The minimum Gasteiger partial charge on any atom is -0.453 e. The Labute approximate surface area is 148 Å². The number of aryl methyl sites for hydroxylation is 1. The first kappa shape index (κ1) is 16.4. The first-order valence-corrected chi connectivity index (χ1v) is 9.08. The van der Waals surface area contributed by atoms with Crippen LogP contribution in [0.15, 0.2) is 24.3 Å². The highest BCUT2D eigenvalue weighted by atomic mass is 16.5. The van der Waals surface area contributed by atoms with Gasteiger partial charge in [0.2, 0.25) is 5.91 Å². The van der Waals surface area contributed by atoms with Crippen molar-refractivity contribution in [3.05, 3.63) is 35.4 Å². The molecule has 1 saturated heterocycles. The zero-order chi connectivity index (χ0) is 17.8. The molecule has 0 spiro atoms. The number of carbonyl (C=O) groups is 2. The second kappa shape index (κ2) is 5.48. The van der Waals surface area contributed by atoms with Crippen LogP contribution in [-0.2, 0) is 14.9 Å². The predicted molar refractivity (Wildman–Crippen MR) is 94.2 cm³/mol. The molecule has 0 bridgehead atoms. The minimum absolute atomic E-state index is 0.0218. The molecule has 3 aliphatic rings. The van der Waals surface area contributed by atoms with Gasteiger partial charge in [-0.05, 0) is 50.2 Å². The van der Waals surface area contributed by atoms with E-state index in [4.69, 9.17) is 0 Å². The van der Waals surface area contributed by atoms with Gasteiger partial charge in [0.15, 0.2) is 0 Å². The zero-order valence-electron chi connectivity index (χ0n) is 15.2. The summed E-state index contributed by atoms with van der Waals surface area (Å²) in [4.78, 5) is 26.3. The lowest BCUT2D eigenvalue weighted by molar-refractivity contribution is -0.140. The summed E-state index contributed by atoms with van der Waals surface area (Å²) in [7, 11) is 1.36. The number of carbonyl (C=O) groups excluding carboxylic acids is 2. The van der Waals surface area contributed by atoms with Gasteiger partial charge in [-0.3, -0.25) is 4.79 Å². The van der Waals surface area contributed by atoms with Crippen LogP contribution in [0.4, 0.5) is 4.79 Å². The Morgan fingerprint density at radius 1 is 1.24 bits per heavy atom. The van der Waals surface area contributed by atoms with Gasteiger partial charge in [0.1, 0.15) is 0 Å². The maximum absolute atomic E-state index is 12.9. The molecule has 1 aromatic carbocycles. The van der Waals surface area contributed by atoms with E-state index in [1.54, 1.807) is 0 Å². The SMILES string of the molecule is COC(=O)NC1(C)CC(C(=O)N2CC3CC3(c3ccccc3C)C2)C1. The molecule has 1 aliphatic heterocycles. The Kier molecular flexibility index (Phi) is 3.60. The predicted octanol–water partition coefficient (Wildman–Crippen LogP) is 2.62. The summed E-state index contributed by atoms with van der Waals surface area (Å²) < 4.78 is 4.67. The van der Waals surface area contributed by atoms with Crippen molar-refractivity contribution >= 4 is 12.0 Å². The topological polar surface area (TPSA) is 58.6 Å². The third-order valence-corrected chi connectivity index (χ3v) is 6.47. The van der Waals surface area contributed by atoms with Crippen molar-refractivity contribution in [3.63, 3.8) is 0 Å². The number of methoxy groups -OCH3 is 1. The maximum Gasteiger partial charge on any atom is 0.407 e. The molecular weight excluding hydrogens is 316 g/mol. The van der Waals surface area contributed by atoms with E-state index in [9.17, 15) is 9.59 Å². The molecule has 4 rings (SSSR count). The summed E-state index contributed by atoms with van der Waals surface area (Å²) in [6.07, 6.45) is 2.17. The average molecular weight is 342 g/mol. The quantitative estimate of drug-likeness (QED) is 0.919. The number of nitrogens with one attached hydrogen (secondary N) is 1. The van der Waals surface area contributed by atoms with Gasteiger partial charge in [0.05, 0.1) is 7.11 Å². The fraction of sp³-hybridized carbons (Fsp3) is 0.600. The van der Waals surface area contributed by atoms with Crippen LogP contribution in [-0.4, -0.2) is 42.6 Å². The largest absolute Gasteiger partial charge is 0.453 e. The highest BCUT2D eigenvalue weighted by molar-refractivity contribution is 5.82. The molecule has 2 aliphatic carbocycles. The standard InChI is InChI=1S/C20H26N2O3/c1-13-6-4-5-7-16(13)20-10-15(20)11-22(12-20)17(23)14-8-19(2,9-14)21-18(24)25-3/h4-7,14-15H,8-12H2,1-3H3,(H,21,24). The fourth-order valence-electron chi connectivity index (χ4n) is 5.06. The number of fused-ring (bicyclic) bond motifs is 1. The Morgan fingerprint density at radius 3 is 2.64 bits per heavy atom. The molecule has 0 aromatic heterocycles. The summed E-state index contributed by atoms with van der Waals surface area (Å²) in [5.74, 6) is 0.884. The third kappa shape index (κ3) is 2.60. The van der Waals surface area contributed by atoms with Crippen LogP contribution in [0.25, 0.3) is 0 Å². The molecule has 2 saturated carbocycles. The molecule has 2 atom stereocenters. The molecule has 3 fully saturated rings. The number of rotatable bonds is 3. The number of piperidine rings is 1. The van der Waals surface area contributed by atoms with Gasteiger partial charge in [-0.25, -0.2) is 4.79 Å². The van der Waals surface area contributed by atoms with Gasteiger partial charge in [0.25, 0.3) is 0 Å². The van der Waals surface area contributed by atoms with E-state index < -0.39 is 6.09 Å². The van der Waals surface area contributed by atoms with Crippen LogP contribution in [0.2, 0.25) is 0 Å². The Morgan fingerprint density at radius 2 is 1.96 bits per heavy atom. The lowest BCUT2D eigenvalue weighted by Crippen LogP contribution is -2.58. The van der Waals surface area contributed by atoms with Crippen molar-refractivity contribution < 1.29 is 14.3 Å². The van der Waals surface area contributed by atoms with E-state index in [0.717, 1.165) is 13.1 Å². The van der Waals surface area contributed by atoms with Crippen molar-refractivity contribution in [2.24, 2.45) is 11.8 Å². The van der Waals surface area contributed by atoms with Crippen molar-refractivity contribution in [2.75, 3.05) is 20.2 Å². The van der Waals surface area contributed by atoms with E-state index in [1.165, 1.54) is 24.7 Å². The van der Waals surface area contributed by atoms with Crippen LogP contribution in [0.3, 0.4) is 0 Å². The number of hydrogen-bond acceptors (Lipinski definition) is 3. The zero-order valence-corrected chi connectivity index (χ0v) is 15.2. The monoisotopic (exact) mass is 342 g/mol. The van der Waals surface area contributed by atoms with E-state index in [1.807, 2.05) is 6.92 Å². The molecule has 134 valence electrons. The van der Waals surface area contributed by atoms with E-state index >= 15 is 0 Å². The van der Waals surface area contributed by atoms with Crippen LogP contribution in [0.5, 0.6) is 0 Å². The van der Waals surface area contributed by atoms with Crippen molar-refractivity contribution in [3.8, 4) is 0 Å². The van der Waals surface area contributed by atoms with Crippen molar-refractivity contribution in [1.82, 2.24) is 10.2 Å². The summed E-state index contributed by atoms with van der Waals surface area (Å²) >= 11 is 0. The molecule has 1 heterocycles. The molecule has 25 heavy (non-hydrogen) atoms. The average Bonchev–Trinajstić information content (AvgIpc) is 3.13.